The van der Waals surface area contributed by atoms with Crippen LogP contribution < -0.4 is 14.9 Å². The number of para-hydroxylation sites is 2. The van der Waals surface area contributed by atoms with Gasteiger partial charge in [-0.2, -0.15) is 5.10 Å². The quantitative estimate of drug-likeness (QED) is 0.172. The molecule has 0 saturated carbocycles. The van der Waals surface area contributed by atoms with Crippen LogP contribution in [-0.4, -0.2) is 29.5 Å². The Morgan fingerprint density at radius 2 is 1.94 bits per heavy atom. The zero-order valence-electron chi connectivity index (χ0n) is 18.4. The molecule has 0 radical (unpaired) electrons. The second-order valence-electron chi connectivity index (χ2n) is 7.07. The van der Waals surface area contributed by atoms with Crippen LogP contribution in [0.4, 0.5) is 0 Å². The minimum absolute atomic E-state index is 0.112. The number of carbonyl (C=O) groups is 1. The van der Waals surface area contributed by atoms with Crippen molar-refractivity contribution in [3.63, 3.8) is 0 Å². The number of amides is 1. The minimum atomic E-state index is -0.289. The lowest BCUT2D eigenvalue weighted by atomic mass is 10.2. The summed E-state index contributed by atoms with van der Waals surface area (Å²) < 4.78 is 17.2. The molecule has 7 nitrogen and oxygen atoms in total. The normalized spacial score (nSPS) is 11.1. The van der Waals surface area contributed by atoms with Gasteiger partial charge in [0, 0.05) is 0 Å². The molecule has 4 aromatic rings. The minimum Gasteiger partial charge on any atom is -0.490 e. The fraction of sp³-hybridized carbons (Fsp3) is 0.160. The van der Waals surface area contributed by atoms with Crippen LogP contribution in [0.3, 0.4) is 0 Å². The smallest absolute Gasteiger partial charge is 0.257 e. The predicted molar refractivity (Wildman–Crippen MR) is 134 cm³/mol. The summed E-state index contributed by atoms with van der Waals surface area (Å²) in [5.74, 6) is 0.789. The Morgan fingerprint density at radius 1 is 1.15 bits per heavy atom. The van der Waals surface area contributed by atoms with E-state index in [0.29, 0.717) is 46.1 Å². The van der Waals surface area contributed by atoms with E-state index in [9.17, 15) is 4.79 Å². The lowest BCUT2D eigenvalue weighted by molar-refractivity contribution is -0.118. The number of rotatable bonds is 10. The Labute approximate surface area is 206 Å². The molecule has 0 bridgehead atoms. The van der Waals surface area contributed by atoms with Gasteiger partial charge in [-0.25, -0.2) is 10.4 Å². The molecular weight excluding hydrogens is 474 g/mol. The second kappa shape index (κ2) is 11.6. The number of hydrazone groups is 1. The maximum atomic E-state index is 12.1. The summed E-state index contributed by atoms with van der Waals surface area (Å²) in [5.41, 5.74) is 5.60. The van der Waals surface area contributed by atoms with E-state index in [-0.39, 0.29) is 11.7 Å². The zero-order valence-corrected chi connectivity index (χ0v) is 19.9. The fourth-order valence-electron chi connectivity index (χ4n) is 3.05. The number of hydrogen-bond acceptors (Lipinski definition) is 7. The molecule has 0 aliphatic rings. The van der Waals surface area contributed by atoms with Gasteiger partial charge in [0.25, 0.3) is 11.1 Å². The third-order valence-corrected chi connectivity index (χ3v) is 5.67. The molecule has 0 spiro atoms. The van der Waals surface area contributed by atoms with Gasteiger partial charge in [0.2, 0.25) is 0 Å². The lowest BCUT2D eigenvalue weighted by Gasteiger charge is -2.14. The summed E-state index contributed by atoms with van der Waals surface area (Å²) in [6.45, 7) is 2.69. The van der Waals surface area contributed by atoms with Crippen molar-refractivity contribution >= 4 is 46.6 Å². The number of benzene rings is 3. The van der Waals surface area contributed by atoms with Gasteiger partial charge in [0.05, 0.1) is 23.6 Å². The second-order valence-corrected chi connectivity index (χ2v) is 8.40. The summed E-state index contributed by atoms with van der Waals surface area (Å²) in [6, 6.07) is 20.7. The Kier molecular flexibility index (Phi) is 8.06. The first-order chi connectivity index (χ1) is 16.6. The van der Waals surface area contributed by atoms with Gasteiger partial charge in [0.1, 0.15) is 12.1 Å². The van der Waals surface area contributed by atoms with E-state index in [0.717, 1.165) is 11.1 Å². The molecular formula is C25H22ClN3O4S. The van der Waals surface area contributed by atoms with Gasteiger partial charge in [-0.3, -0.25) is 4.79 Å². The molecule has 0 fully saturated rings. The van der Waals surface area contributed by atoms with E-state index in [1.807, 2.05) is 61.5 Å². The van der Waals surface area contributed by atoms with E-state index in [4.69, 9.17) is 25.5 Å². The van der Waals surface area contributed by atoms with E-state index >= 15 is 0 Å². The first-order valence-electron chi connectivity index (χ1n) is 10.6. The fourth-order valence-corrected chi connectivity index (χ4v) is 3.95. The monoisotopic (exact) mass is 495 g/mol. The highest BCUT2D eigenvalue weighted by molar-refractivity contribution is 7.99. The molecule has 3 aromatic carbocycles. The van der Waals surface area contributed by atoms with Gasteiger partial charge in [-0.05, 0) is 42.3 Å². The van der Waals surface area contributed by atoms with Gasteiger partial charge < -0.3 is 13.9 Å². The van der Waals surface area contributed by atoms with E-state index in [1.165, 1.54) is 18.0 Å². The lowest BCUT2D eigenvalue weighted by Crippen LogP contribution is -2.19. The third-order valence-electron chi connectivity index (χ3n) is 4.56. The van der Waals surface area contributed by atoms with Crippen LogP contribution in [0, 0.1) is 0 Å². The molecule has 9 heteroatoms. The Morgan fingerprint density at radius 3 is 2.74 bits per heavy atom. The summed E-state index contributed by atoms with van der Waals surface area (Å²) in [4.78, 5) is 16.5. The van der Waals surface area contributed by atoms with Crippen LogP contribution in [0.1, 0.15) is 18.1 Å². The maximum Gasteiger partial charge on any atom is 0.257 e. The highest BCUT2D eigenvalue weighted by Crippen LogP contribution is 2.37. The topological polar surface area (TPSA) is 86.0 Å². The Bertz CT molecular complexity index is 1260. The van der Waals surface area contributed by atoms with Crippen molar-refractivity contribution < 1.29 is 18.7 Å². The number of ether oxygens (including phenoxy) is 2. The number of oxazole rings is 1. The first kappa shape index (κ1) is 23.7. The standard InChI is InChI=1S/C25H22ClN3O4S/c1-2-31-22-13-18(12-19(26)24(22)32-15-17-8-4-3-5-9-17)14-27-29-23(30)16-34-25-28-20-10-6-7-11-21(20)33-25/h3-14H,2,15-16H2,1H3,(H,29,30)/b27-14-. The molecule has 0 atom stereocenters. The predicted octanol–water partition coefficient (Wildman–Crippen LogP) is 5.70. The largest absolute Gasteiger partial charge is 0.490 e. The maximum absolute atomic E-state index is 12.1. The van der Waals surface area contributed by atoms with Crippen molar-refractivity contribution in [1.29, 1.82) is 0 Å². The number of nitrogens with zero attached hydrogens (tertiary/aromatic N) is 2. The molecule has 4 rings (SSSR count). The van der Waals surface area contributed by atoms with Gasteiger partial charge >= 0.3 is 0 Å². The first-order valence-corrected chi connectivity index (χ1v) is 11.9. The van der Waals surface area contributed by atoms with Crippen molar-refractivity contribution in [2.75, 3.05) is 12.4 Å². The number of hydrogen-bond donors (Lipinski definition) is 1. The van der Waals surface area contributed by atoms with Crippen LogP contribution in [0.15, 0.2) is 81.5 Å². The summed E-state index contributed by atoms with van der Waals surface area (Å²) in [5, 5.41) is 4.84. The summed E-state index contributed by atoms with van der Waals surface area (Å²) in [6.07, 6.45) is 1.50. The molecule has 1 N–H and O–H groups in total. The molecule has 34 heavy (non-hydrogen) atoms. The Balaban J connectivity index is 1.35. The summed E-state index contributed by atoms with van der Waals surface area (Å²) in [7, 11) is 0. The number of fused-ring (bicyclic) bond motifs is 1. The van der Waals surface area contributed by atoms with Gasteiger partial charge in [0.15, 0.2) is 17.1 Å². The number of aromatic nitrogens is 1. The molecule has 0 aliphatic carbocycles. The molecule has 0 unspecified atom stereocenters. The van der Waals surface area contributed by atoms with Gasteiger partial charge in [-0.1, -0.05) is 65.8 Å². The van der Waals surface area contributed by atoms with Gasteiger partial charge in [-0.15, -0.1) is 0 Å². The van der Waals surface area contributed by atoms with Crippen molar-refractivity contribution in [3.8, 4) is 11.5 Å². The van der Waals surface area contributed by atoms with E-state index in [1.54, 1.807) is 12.1 Å². The molecule has 0 saturated heterocycles. The SMILES string of the molecule is CCOc1cc(/C=N\NC(=O)CSc2nc3ccccc3o2)cc(Cl)c1OCc1ccccc1. The molecule has 174 valence electrons. The van der Waals surface area contributed by atoms with E-state index < -0.39 is 0 Å². The van der Waals surface area contributed by atoms with Crippen molar-refractivity contribution in [1.82, 2.24) is 10.4 Å². The third kappa shape index (κ3) is 6.30. The van der Waals surface area contributed by atoms with Crippen LogP contribution in [-0.2, 0) is 11.4 Å². The average Bonchev–Trinajstić information content (AvgIpc) is 3.26. The molecule has 0 aliphatic heterocycles. The zero-order chi connectivity index (χ0) is 23.8. The van der Waals surface area contributed by atoms with Crippen LogP contribution in [0.5, 0.6) is 11.5 Å². The Hall–Kier alpha value is -3.49. The van der Waals surface area contributed by atoms with Crippen molar-refractivity contribution in [2.24, 2.45) is 5.10 Å². The molecule has 1 aromatic heterocycles. The highest BCUT2D eigenvalue weighted by atomic mass is 35.5. The number of carbonyl (C=O) groups excluding carboxylic acids is 1. The van der Waals surface area contributed by atoms with Crippen LogP contribution in [0.2, 0.25) is 5.02 Å². The van der Waals surface area contributed by atoms with Crippen molar-refractivity contribution in [3.05, 3.63) is 82.9 Å². The highest BCUT2D eigenvalue weighted by Gasteiger charge is 2.13. The van der Waals surface area contributed by atoms with Crippen LogP contribution >= 0.6 is 23.4 Å². The van der Waals surface area contributed by atoms with Crippen LogP contribution in [0.25, 0.3) is 11.1 Å². The number of thioether (sulfide) groups is 1. The molecule has 1 heterocycles. The number of halogens is 1. The molecule has 1 amide bonds. The number of nitrogens with one attached hydrogen (secondary N) is 1. The van der Waals surface area contributed by atoms with E-state index in [2.05, 4.69) is 15.5 Å². The van der Waals surface area contributed by atoms with Crippen molar-refractivity contribution in [2.45, 2.75) is 18.8 Å². The summed E-state index contributed by atoms with van der Waals surface area (Å²) >= 11 is 7.65. The average molecular weight is 496 g/mol.